The molecule has 11 nitrogen and oxygen atoms in total. The molecule has 4 rings (SSSR count). The number of nitrogens with one attached hydrogen (secondary N) is 3. The molecule has 1 fully saturated rings. The average molecular weight is 506 g/mol. The van der Waals surface area contributed by atoms with Crippen molar-refractivity contribution in [2.45, 2.75) is 38.3 Å². The number of imidazole rings is 1. The molecule has 0 aliphatic carbocycles. The van der Waals surface area contributed by atoms with E-state index in [0.29, 0.717) is 36.3 Å². The van der Waals surface area contributed by atoms with Crippen LogP contribution in [0.15, 0.2) is 42.5 Å². The van der Waals surface area contributed by atoms with Crippen LogP contribution in [-0.4, -0.2) is 56.3 Å². The van der Waals surface area contributed by atoms with Crippen molar-refractivity contribution in [2.24, 2.45) is 12.8 Å². The van der Waals surface area contributed by atoms with Crippen molar-refractivity contribution in [3.63, 3.8) is 0 Å². The van der Waals surface area contributed by atoms with Crippen molar-refractivity contribution in [3.05, 3.63) is 59.4 Å². The molecule has 0 saturated carbocycles. The minimum Gasteiger partial charge on any atom is -0.481 e. The summed E-state index contributed by atoms with van der Waals surface area (Å²) in [4.78, 5) is 43.5. The molecule has 2 heterocycles. The molecule has 11 heteroatoms. The Morgan fingerprint density at radius 1 is 1.14 bits per heavy atom. The Morgan fingerprint density at radius 2 is 1.81 bits per heavy atom. The number of amides is 2. The minimum atomic E-state index is -1.43. The Bertz CT molecular complexity index is 1360. The van der Waals surface area contributed by atoms with E-state index in [9.17, 15) is 14.4 Å². The number of benzene rings is 2. The smallest absolute Gasteiger partial charge is 0.312 e. The SMILES string of the molecule is Cn1c(CNc2ccc(C(=N)N)cc2)nc2cc(C(C)(NC(=O)CC(=O)O)C(=O)N3CCCC3)ccc21. The highest BCUT2D eigenvalue weighted by Gasteiger charge is 2.41. The number of nitrogens with two attached hydrogens (primary N) is 1. The number of fused-ring (bicyclic) bond motifs is 1. The van der Waals surface area contributed by atoms with Gasteiger partial charge in [-0.3, -0.25) is 19.8 Å². The van der Waals surface area contributed by atoms with E-state index in [1.54, 1.807) is 36.1 Å². The molecule has 6 N–H and O–H groups in total. The van der Waals surface area contributed by atoms with E-state index >= 15 is 0 Å². The maximum absolute atomic E-state index is 13.5. The summed E-state index contributed by atoms with van der Waals surface area (Å²) in [6.45, 7) is 3.24. The van der Waals surface area contributed by atoms with Crippen LogP contribution in [0.2, 0.25) is 0 Å². The molecule has 2 amide bonds. The number of hydrogen-bond acceptors (Lipinski definition) is 6. The summed E-state index contributed by atoms with van der Waals surface area (Å²) in [5.74, 6) is -1.50. The van der Waals surface area contributed by atoms with Gasteiger partial charge in [-0.25, -0.2) is 4.98 Å². The van der Waals surface area contributed by atoms with Crippen LogP contribution in [0.4, 0.5) is 5.69 Å². The molecule has 37 heavy (non-hydrogen) atoms. The zero-order valence-electron chi connectivity index (χ0n) is 20.9. The zero-order chi connectivity index (χ0) is 26.7. The first-order chi connectivity index (χ1) is 17.6. The number of rotatable bonds is 9. The summed E-state index contributed by atoms with van der Waals surface area (Å²) in [6.07, 6.45) is 1.05. The van der Waals surface area contributed by atoms with Crippen LogP contribution in [0.5, 0.6) is 0 Å². The number of likely N-dealkylation sites (tertiary alicyclic amines) is 1. The molecule has 1 aromatic heterocycles. The second-order valence-corrected chi connectivity index (χ2v) is 9.38. The maximum Gasteiger partial charge on any atom is 0.312 e. The molecule has 2 aromatic carbocycles. The Hall–Kier alpha value is -4.41. The molecule has 1 unspecified atom stereocenters. The van der Waals surface area contributed by atoms with E-state index in [2.05, 4.69) is 10.6 Å². The fourth-order valence-electron chi connectivity index (χ4n) is 4.61. The number of carbonyl (C=O) groups excluding carboxylic acids is 2. The second kappa shape index (κ2) is 10.3. The fourth-order valence-corrected chi connectivity index (χ4v) is 4.61. The van der Waals surface area contributed by atoms with E-state index in [0.717, 1.165) is 29.9 Å². The lowest BCUT2D eigenvalue weighted by Gasteiger charge is -2.33. The van der Waals surface area contributed by atoms with Gasteiger partial charge < -0.3 is 30.9 Å². The number of nitrogens with zero attached hydrogens (tertiary/aromatic N) is 3. The Balaban J connectivity index is 1.62. The third-order valence-corrected chi connectivity index (χ3v) is 6.72. The number of hydrogen-bond donors (Lipinski definition) is 5. The van der Waals surface area contributed by atoms with Crippen molar-refractivity contribution in [3.8, 4) is 0 Å². The molecule has 3 aromatic rings. The third-order valence-electron chi connectivity index (χ3n) is 6.72. The zero-order valence-corrected chi connectivity index (χ0v) is 20.9. The molecule has 194 valence electrons. The van der Waals surface area contributed by atoms with Crippen LogP contribution < -0.4 is 16.4 Å². The third kappa shape index (κ3) is 5.40. The van der Waals surface area contributed by atoms with Gasteiger partial charge in [0.1, 0.15) is 23.6 Å². The molecule has 1 aliphatic rings. The summed E-state index contributed by atoms with van der Waals surface area (Å²) in [5, 5.41) is 22.5. The van der Waals surface area contributed by atoms with E-state index in [4.69, 9.17) is 21.2 Å². The summed E-state index contributed by atoms with van der Waals surface area (Å²) in [7, 11) is 1.90. The first-order valence-corrected chi connectivity index (χ1v) is 12.0. The minimum absolute atomic E-state index is 0.00654. The molecular weight excluding hydrogens is 474 g/mol. The topological polar surface area (TPSA) is 166 Å². The lowest BCUT2D eigenvalue weighted by molar-refractivity contribution is -0.145. The summed E-state index contributed by atoms with van der Waals surface area (Å²) in [5.41, 5.74) is 7.61. The molecule has 0 bridgehead atoms. The number of aromatic nitrogens is 2. The largest absolute Gasteiger partial charge is 0.481 e. The summed E-state index contributed by atoms with van der Waals surface area (Å²) < 4.78 is 1.94. The number of carboxylic acids is 1. The summed E-state index contributed by atoms with van der Waals surface area (Å²) in [6, 6.07) is 12.6. The number of carbonyl (C=O) groups is 3. The summed E-state index contributed by atoms with van der Waals surface area (Å²) >= 11 is 0. The van der Waals surface area contributed by atoms with E-state index in [1.807, 2.05) is 29.8 Å². The quantitative estimate of drug-likeness (QED) is 0.168. The van der Waals surface area contributed by atoms with Crippen LogP contribution in [0.25, 0.3) is 11.0 Å². The highest BCUT2D eigenvalue weighted by atomic mass is 16.4. The van der Waals surface area contributed by atoms with E-state index in [1.165, 1.54) is 0 Å². The van der Waals surface area contributed by atoms with Crippen LogP contribution in [0.3, 0.4) is 0 Å². The van der Waals surface area contributed by atoms with Crippen molar-refractivity contribution in [1.29, 1.82) is 5.41 Å². The van der Waals surface area contributed by atoms with Crippen molar-refractivity contribution >= 4 is 40.3 Å². The number of nitrogen functional groups attached to an aromatic ring is 1. The number of aryl methyl sites for hydroxylation is 1. The number of anilines is 1. The van der Waals surface area contributed by atoms with Gasteiger partial charge in [-0.1, -0.05) is 6.07 Å². The molecular formula is C26H31N7O4. The Labute approximate surface area is 214 Å². The van der Waals surface area contributed by atoms with Gasteiger partial charge in [0.2, 0.25) is 5.91 Å². The van der Waals surface area contributed by atoms with Gasteiger partial charge in [-0.2, -0.15) is 0 Å². The van der Waals surface area contributed by atoms with Gasteiger partial charge in [-0.05, 0) is 61.7 Å². The predicted octanol–water partition coefficient (Wildman–Crippen LogP) is 1.90. The van der Waals surface area contributed by atoms with Crippen LogP contribution in [0.1, 0.15) is 43.1 Å². The predicted molar refractivity (Wildman–Crippen MR) is 139 cm³/mol. The Kier molecular flexibility index (Phi) is 7.14. The molecule has 1 atom stereocenters. The molecule has 0 radical (unpaired) electrons. The van der Waals surface area contributed by atoms with Crippen LogP contribution >= 0.6 is 0 Å². The van der Waals surface area contributed by atoms with Crippen molar-refractivity contribution in [2.75, 3.05) is 18.4 Å². The second-order valence-electron chi connectivity index (χ2n) is 9.38. The van der Waals surface area contributed by atoms with Gasteiger partial charge >= 0.3 is 5.97 Å². The standard InChI is InChI=1S/C26H31N7O4/c1-26(31-22(34)14-23(35)36,25(37)33-11-3-4-12-33)17-7-10-20-19(13-17)30-21(32(20)2)15-29-18-8-5-16(6-9-18)24(27)28/h5-10,13,29H,3-4,11-12,14-15H2,1-2H3,(H3,27,28)(H,31,34)(H,35,36). The molecule has 1 saturated heterocycles. The van der Waals surface area contributed by atoms with E-state index < -0.39 is 23.8 Å². The average Bonchev–Trinajstić information content (AvgIpc) is 3.50. The van der Waals surface area contributed by atoms with Gasteiger partial charge in [0.25, 0.3) is 5.91 Å². The van der Waals surface area contributed by atoms with Gasteiger partial charge in [0, 0.05) is 31.4 Å². The van der Waals surface area contributed by atoms with Gasteiger partial charge in [0.05, 0.1) is 17.6 Å². The highest BCUT2D eigenvalue weighted by Crippen LogP contribution is 2.29. The van der Waals surface area contributed by atoms with Crippen LogP contribution in [0, 0.1) is 5.41 Å². The normalized spacial score (nSPS) is 14.8. The van der Waals surface area contributed by atoms with Gasteiger partial charge in [-0.15, -0.1) is 0 Å². The van der Waals surface area contributed by atoms with E-state index in [-0.39, 0.29) is 11.7 Å². The lowest BCUT2D eigenvalue weighted by Crippen LogP contribution is -2.55. The number of amidine groups is 1. The van der Waals surface area contributed by atoms with Crippen molar-refractivity contribution < 1.29 is 19.5 Å². The molecule has 0 spiro atoms. The highest BCUT2D eigenvalue weighted by molar-refractivity contribution is 5.98. The van der Waals surface area contributed by atoms with Crippen LogP contribution in [-0.2, 0) is 33.5 Å². The van der Waals surface area contributed by atoms with Gasteiger partial charge in [0.15, 0.2) is 0 Å². The monoisotopic (exact) mass is 505 g/mol. The number of carboxylic acid groups (broad SMARTS) is 1. The number of aliphatic carboxylic acids is 1. The lowest BCUT2D eigenvalue weighted by atomic mass is 9.89. The fraction of sp³-hybridized carbons (Fsp3) is 0.346. The van der Waals surface area contributed by atoms with Crippen molar-refractivity contribution in [1.82, 2.24) is 19.8 Å². The maximum atomic E-state index is 13.5. The first kappa shape index (κ1) is 25.7. The Morgan fingerprint density at radius 3 is 2.43 bits per heavy atom. The first-order valence-electron chi connectivity index (χ1n) is 12.0. The molecule has 1 aliphatic heterocycles.